The summed E-state index contributed by atoms with van der Waals surface area (Å²) in [6, 6.07) is 5.23. The van der Waals surface area contributed by atoms with E-state index in [2.05, 4.69) is 38.3 Å². The number of carbonyl (C=O) groups is 2. The minimum Gasteiger partial charge on any atom is -0.354 e. The zero-order valence-corrected chi connectivity index (χ0v) is 22.5. The van der Waals surface area contributed by atoms with Gasteiger partial charge in [0.15, 0.2) is 0 Å². The SMILES string of the molecule is CC(CC(=O)N1CCC2(CC1)NC(C(=O)NCCc1ccc(Cl)cc1Cl)CS2)CC(C)(C)C. The van der Waals surface area contributed by atoms with Crippen molar-refractivity contribution in [2.45, 2.75) is 70.7 Å². The van der Waals surface area contributed by atoms with Gasteiger partial charge in [0.2, 0.25) is 11.8 Å². The van der Waals surface area contributed by atoms with E-state index in [0.29, 0.717) is 35.3 Å². The first kappa shape index (κ1) is 26.7. The highest BCUT2D eigenvalue weighted by Gasteiger charge is 2.44. The molecule has 1 aromatic rings. The summed E-state index contributed by atoms with van der Waals surface area (Å²) < 4.78 is 0. The topological polar surface area (TPSA) is 61.4 Å². The van der Waals surface area contributed by atoms with Gasteiger partial charge in [0, 0.05) is 41.9 Å². The first-order chi connectivity index (χ1) is 15.5. The molecule has 2 heterocycles. The van der Waals surface area contributed by atoms with Gasteiger partial charge in [-0.25, -0.2) is 0 Å². The van der Waals surface area contributed by atoms with Crippen molar-refractivity contribution in [3.63, 3.8) is 0 Å². The highest BCUT2D eigenvalue weighted by atomic mass is 35.5. The molecular weight excluding hydrogens is 477 g/mol. The third-order valence-electron chi connectivity index (χ3n) is 6.40. The molecule has 0 aliphatic carbocycles. The van der Waals surface area contributed by atoms with E-state index in [1.165, 1.54) is 0 Å². The number of nitrogens with one attached hydrogen (secondary N) is 2. The van der Waals surface area contributed by atoms with Gasteiger partial charge < -0.3 is 10.2 Å². The van der Waals surface area contributed by atoms with Gasteiger partial charge in [-0.05, 0) is 54.7 Å². The Morgan fingerprint density at radius 3 is 2.61 bits per heavy atom. The second-order valence-corrected chi connectivity index (χ2v) is 13.0. The van der Waals surface area contributed by atoms with Crippen molar-refractivity contribution in [2.24, 2.45) is 11.3 Å². The van der Waals surface area contributed by atoms with Crippen LogP contribution in [0.2, 0.25) is 10.0 Å². The molecular formula is C25H37Cl2N3O2S. The Morgan fingerprint density at radius 1 is 1.27 bits per heavy atom. The monoisotopic (exact) mass is 513 g/mol. The van der Waals surface area contributed by atoms with Crippen LogP contribution < -0.4 is 10.6 Å². The minimum atomic E-state index is -0.204. The van der Waals surface area contributed by atoms with Crippen molar-refractivity contribution in [1.29, 1.82) is 0 Å². The predicted octanol–water partition coefficient (Wildman–Crippen LogP) is 5.14. The summed E-state index contributed by atoms with van der Waals surface area (Å²) in [4.78, 5) is 27.4. The Labute approximate surface area is 212 Å². The number of halogens is 2. The first-order valence-corrected chi connectivity index (χ1v) is 13.6. The molecule has 2 aliphatic heterocycles. The maximum atomic E-state index is 12.8. The number of carbonyl (C=O) groups excluding carboxylic acids is 2. The van der Waals surface area contributed by atoms with Crippen LogP contribution in [0.3, 0.4) is 0 Å². The van der Waals surface area contributed by atoms with Crippen LogP contribution in [0.25, 0.3) is 0 Å². The number of piperidine rings is 1. The summed E-state index contributed by atoms with van der Waals surface area (Å²) in [5.41, 5.74) is 1.22. The van der Waals surface area contributed by atoms with Gasteiger partial charge in [-0.2, -0.15) is 0 Å². The predicted molar refractivity (Wildman–Crippen MR) is 139 cm³/mol. The summed E-state index contributed by atoms with van der Waals surface area (Å²) >= 11 is 14.0. The Hall–Kier alpha value is -0.950. The summed E-state index contributed by atoms with van der Waals surface area (Å²) in [7, 11) is 0. The molecule has 2 amide bonds. The molecule has 8 heteroatoms. The average Bonchev–Trinajstić information content (AvgIpc) is 3.12. The standard InChI is InChI=1S/C25H37Cl2N3O2S/c1-17(15-24(2,3)4)13-22(31)30-11-8-25(9-12-30)29-21(16-33-25)23(32)28-10-7-18-5-6-19(26)14-20(18)27/h5-6,14,17,21,29H,7-13,15-16H2,1-4H3,(H,28,32). The zero-order chi connectivity index (χ0) is 24.2. The Balaban J connectivity index is 1.41. The summed E-state index contributed by atoms with van der Waals surface area (Å²) in [6.45, 7) is 10.9. The minimum absolute atomic E-state index is 0.0268. The molecule has 2 atom stereocenters. The van der Waals surface area contributed by atoms with E-state index in [1.807, 2.05) is 28.8 Å². The molecule has 0 radical (unpaired) electrons. The highest BCUT2D eigenvalue weighted by Crippen LogP contribution is 2.39. The second-order valence-electron chi connectivity index (χ2n) is 10.7. The van der Waals surface area contributed by atoms with Crippen LogP contribution in [0.4, 0.5) is 0 Å². The molecule has 3 rings (SSSR count). The van der Waals surface area contributed by atoms with Crippen molar-refractivity contribution in [1.82, 2.24) is 15.5 Å². The molecule has 0 bridgehead atoms. The van der Waals surface area contributed by atoms with E-state index >= 15 is 0 Å². The second kappa shape index (κ2) is 11.2. The number of rotatable bonds is 7. The van der Waals surface area contributed by atoms with Crippen LogP contribution in [0.1, 0.15) is 58.9 Å². The van der Waals surface area contributed by atoms with Crippen LogP contribution in [0.5, 0.6) is 0 Å². The lowest BCUT2D eigenvalue weighted by molar-refractivity contribution is -0.133. The number of amides is 2. The van der Waals surface area contributed by atoms with E-state index in [9.17, 15) is 9.59 Å². The number of benzene rings is 1. The summed E-state index contributed by atoms with van der Waals surface area (Å²) in [5.74, 6) is 1.44. The lowest BCUT2D eigenvalue weighted by atomic mass is 9.84. The molecule has 5 nitrogen and oxygen atoms in total. The fraction of sp³-hybridized carbons (Fsp3) is 0.680. The fourth-order valence-electron chi connectivity index (χ4n) is 4.90. The van der Waals surface area contributed by atoms with Crippen LogP contribution in [-0.4, -0.2) is 53.0 Å². The van der Waals surface area contributed by atoms with Crippen LogP contribution in [-0.2, 0) is 16.0 Å². The fourth-order valence-corrected chi connectivity index (χ4v) is 6.82. The normalized spacial score (nSPS) is 21.3. The van der Waals surface area contributed by atoms with Crippen molar-refractivity contribution in [3.8, 4) is 0 Å². The maximum absolute atomic E-state index is 12.8. The molecule has 2 unspecified atom stereocenters. The third kappa shape index (κ3) is 7.78. The van der Waals surface area contributed by atoms with E-state index in [1.54, 1.807) is 6.07 Å². The molecule has 2 saturated heterocycles. The van der Waals surface area contributed by atoms with Gasteiger partial charge in [0.25, 0.3) is 0 Å². The molecule has 2 fully saturated rings. The molecule has 1 spiro atoms. The van der Waals surface area contributed by atoms with Crippen LogP contribution >= 0.6 is 35.0 Å². The number of hydrogen-bond acceptors (Lipinski definition) is 4. The number of hydrogen-bond donors (Lipinski definition) is 2. The number of nitrogens with zero attached hydrogens (tertiary/aromatic N) is 1. The van der Waals surface area contributed by atoms with Gasteiger partial charge in [-0.1, -0.05) is 57.0 Å². The lowest BCUT2D eigenvalue weighted by Crippen LogP contribution is -2.54. The van der Waals surface area contributed by atoms with Crippen LogP contribution in [0.15, 0.2) is 18.2 Å². The molecule has 184 valence electrons. The molecule has 0 saturated carbocycles. The van der Waals surface area contributed by atoms with Gasteiger partial charge in [0.1, 0.15) is 0 Å². The van der Waals surface area contributed by atoms with Gasteiger partial charge >= 0.3 is 0 Å². The van der Waals surface area contributed by atoms with Gasteiger partial charge in [-0.15, -0.1) is 11.8 Å². The van der Waals surface area contributed by atoms with Crippen molar-refractivity contribution < 1.29 is 9.59 Å². The molecule has 2 N–H and O–H groups in total. The Bertz CT molecular complexity index is 851. The van der Waals surface area contributed by atoms with E-state index < -0.39 is 0 Å². The lowest BCUT2D eigenvalue weighted by Gasteiger charge is -2.39. The van der Waals surface area contributed by atoms with E-state index in [-0.39, 0.29) is 28.1 Å². The van der Waals surface area contributed by atoms with Gasteiger partial charge in [-0.3, -0.25) is 14.9 Å². The number of likely N-dealkylation sites (tertiary alicyclic amines) is 1. The zero-order valence-electron chi connectivity index (χ0n) is 20.2. The molecule has 1 aromatic carbocycles. The smallest absolute Gasteiger partial charge is 0.238 e. The van der Waals surface area contributed by atoms with Crippen molar-refractivity contribution in [3.05, 3.63) is 33.8 Å². The highest BCUT2D eigenvalue weighted by molar-refractivity contribution is 8.01. The summed E-state index contributed by atoms with van der Waals surface area (Å²) in [6.07, 6.45) is 4.09. The van der Waals surface area contributed by atoms with Crippen molar-refractivity contribution in [2.75, 3.05) is 25.4 Å². The van der Waals surface area contributed by atoms with Crippen LogP contribution in [0, 0.1) is 11.3 Å². The van der Waals surface area contributed by atoms with E-state index in [4.69, 9.17) is 23.2 Å². The molecule has 0 aromatic heterocycles. The van der Waals surface area contributed by atoms with Crippen molar-refractivity contribution >= 4 is 46.8 Å². The first-order valence-electron chi connectivity index (χ1n) is 11.9. The third-order valence-corrected chi connectivity index (χ3v) is 8.56. The molecule has 2 aliphatic rings. The Kier molecular flexibility index (Phi) is 9.04. The Morgan fingerprint density at radius 2 is 1.97 bits per heavy atom. The maximum Gasteiger partial charge on any atom is 0.238 e. The van der Waals surface area contributed by atoms with Gasteiger partial charge in [0.05, 0.1) is 10.9 Å². The number of thioether (sulfide) groups is 1. The quantitative estimate of drug-likeness (QED) is 0.529. The average molecular weight is 515 g/mol. The molecule has 33 heavy (non-hydrogen) atoms. The van der Waals surface area contributed by atoms with E-state index in [0.717, 1.165) is 43.7 Å². The summed E-state index contributed by atoms with van der Waals surface area (Å²) in [5, 5.41) is 7.84. The largest absolute Gasteiger partial charge is 0.354 e.